The number of carbonyl (C=O) groups excluding carboxylic acids is 2. The van der Waals surface area contributed by atoms with Crippen molar-refractivity contribution < 1.29 is 9.59 Å². The molecule has 8 heteroatoms. The third-order valence-corrected chi connectivity index (χ3v) is 5.80. The van der Waals surface area contributed by atoms with Crippen LogP contribution < -0.4 is 21.3 Å². The van der Waals surface area contributed by atoms with Gasteiger partial charge in [0, 0.05) is 42.6 Å². The largest absolute Gasteiger partial charge is 0.350 e. The SMILES string of the molecule is CC(=O)c1cnc(N[C@@H]2CCCC[C@@H]2N)nc1Nc1cccc(N2CCCC2=O)c1. The van der Waals surface area contributed by atoms with Gasteiger partial charge in [0.15, 0.2) is 5.78 Å². The predicted octanol–water partition coefficient (Wildman–Crippen LogP) is 3.23. The molecule has 1 saturated heterocycles. The first-order valence-electron chi connectivity index (χ1n) is 10.6. The van der Waals surface area contributed by atoms with Crippen LogP contribution in [0.25, 0.3) is 0 Å². The Morgan fingerprint density at radius 1 is 1.23 bits per heavy atom. The van der Waals surface area contributed by atoms with E-state index in [9.17, 15) is 9.59 Å². The molecule has 0 bridgehead atoms. The smallest absolute Gasteiger partial charge is 0.227 e. The summed E-state index contributed by atoms with van der Waals surface area (Å²) in [7, 11) is 0. The molecule has 158 valence electrons. The van der Waals surface area contributed by atoms with Crippen LogP contribution >= 0.6 is 0 Å². The highest BCUT2D eigenvalue weighted by Gasteiger charge is 2.24. The van der Waals surface area contributed by atoms with E-state index in [1.807, 2.05) is 24.3 Å². The number of ketones is 1. The number of nitrogens with one attached hydrogen (secondary N) is 2. The highest BCUT2D eigenvalue weighted by molar-refractivity contribution is 5.99. The van der Waals surface area contributed by atoms with Crippen LogP contribution in [0.2, 0.25) is 0 Å². The maximum Gasteiger partial charge on any atom is 0.227 e. The van der Waals surface area contributed by atoms with Gasteiger partial charge in [-0.2, -0.15) is 4.98 Å². The number of hydrogen-bond acceptors (Lipinski definition) is 7. The fourth-order valence-corrected chi connectivity index (χ4v) is 4.12. The second kappa shape index (κ2) is 8.79. The van der Waals surface area contributed by atoms with E-state index in [2.05, 4.69) is 20.6 Å². The number of rotatable bonds is 6. The maximum absolute atomic E-state index is 12.1. The highest BCUT2D eigenvalue weighted by atomic mass is 16.2. The molecule has 2 aromatic rings. The van der Waals surface area contributed by atoms with Crippen molar-refractivity contribution in [2.24, 2.45) is 5.73 Å². The van der Waals surface area contributed by atoms with Crippen molar-refractivity contribution >= 4 is 34.8 Å². The molecule has 1 aromatic carbocycles. The number of aromatic nitrogens is 2. The van der Waals surface area contributed by atoms with Crippen molar-refractivity contribution in [1.29, 1.82) is 0 Å². The fourth-order valence-electron chi connectivity index (χ4n) is 4.12. The minimum absolute atomic E-state index is 0.0703. The van der Waals surface area contributed by atoms with Gasteiger partial charge in [-0.25, -0.2) is 4.98 Å². The van der Waals surface area contributed by atoms with Crippen LogP contribution in [0, 0.1) is 0 Å². The summed E-state index contributed by atoms with van der Waals surface area (Å²) in [6.45, 7) is 2.22. The third kappa shape index (κ3) is 4.43. The second-order valence-electron chi connectivity index (χ2n) is 8.04. The minimum Gasteiger partial charge on any atom is -0.350 e. The van der Waals surface area contributed by atoms with Gasteiger partial charge in [0.2, 0.25) is 11.9 Å². The molecule has 2 aliphatic rings. The molecule has 1 aliphatic carbocycles. The zero-order valence-electron chi connectivity index (χ0n) is 17.2. The Hall–Kier alpha value is -3.00. The van der Waals surface area contributed by atoms with Crippen molar-refractivity contribution in [3.8, 4) is 0 Å². The number of amides is 1. The van der Waals surface area contributed by atoms with Gasteiger partial charge < -0.3 is 21.3 Å². The predicted molar refractivity (Wildman–Crippen MR) is 117 cm³/mol. The summed E-state index contributed by atoms with van der Waals surface area (Å²) in [6.07, 6.45) is 7.23. The molecular weight excluding hydrogens is 380 g/mol. The van der Waals surface area contributed by atoms with Gasteiger partial charge in [-0.3, -0.25) is 9.59 Å². The summed E-state index contributed by atoms with van der Waals surface area (Å²) in [5, 5.41) is 6.57. The molecule has 2 heterocycles. The second-order valence-corrected chi connectivity index (χ2v) is 8.04. The van der Waals surface area contributed by atoms with Crippen molar-refractivity contribution in [3.63, 3.8) is 0 Å². The summed E-state index contributed by atoms with van der Waals surface area (Å²) in [4.78, 5) is 34.9. The van der Waals surface area contributed by atoms with Crippen LogP contribution in [0.3, 0.4) is 0 Å². The Bertz CT molecular complexity index is 947. The van der Waals surface area contributed by atoms with Crippen molar-refractivity contribution in [1.82, 2.24) is 9.97 Å². The lowest BCUT2D eigenvalue weighted by Gasteiger charge is -2.29. The van der Waals surface area contributed by atoms with Crippen molar-refractivity contribution in [2.75, 3.05) is 22.1 Å². The van der Waals surface area contributed by atoms with Crippen molar-refractivity contribution in [3.05, 3.63) is 36.0 Å². The number of nitrogens with two attached hydrogens (primary N) is 1. The molecule has 0 unspecified atom stereocenters. The zero-order valence-corrected chi connectivity index (χ0v) is 17.2. The van der Waals surface area contributed by atoms with Gasteiger partial charge in [-0.1, -0.05) is 18.9 Å². The van der Waals surface area contributed by atoms with Gasteiger partial charge in [-0.15, -0.1) is 0 Å². The number of Topliss-reactive ketones (excluding diaryl/α,β-unsaturated/α-hetero) is 1. The Kier molecular flexibility index (Phi) is 5.94. The lowest BCUT2D eigenvalue weighted by atomic mass is 9.91. The molecular formula is C22H28N6O2. The van der Waals surface area contributed by atoms with Crippen LogP contribution in [-0.4, -0.2) is 40.3 Å². The number of anilines is 4. The van der Waals surface area contributed by atoms with Crippen LogP contribution in [0.1, 0.15) is 55.8 Å². The standard InChI is InChI=1S/C22H28N6O2/c1-14(29)17-13-24-22(26-19-9-3-2-8-18(19)23)27-21(17)25-15-6-4-7-16(12-15)28-11-5-10-20(28)30/h4,6-7,12-13,18-19H,2-3,5,8-11,23H2,1H3,(H2,24,25,26,27)/t18-,19+/m0/s1. The lowest BCUT2D eigenvalue weighted by molar-refractivity contribution is -0.117. The third-order valence-electron chi connectivity index (χ3n) is 5.80. The molecule has 1 amide bonds. The van der Waals surface area contributed by atoms with E-state index in [0.29, 0.717) is 23.8 Å². The first-order chi connectivity index (χ1) is 14.5. The summed E-state index contributed by atoms with van der Waals surface area (Å²) in [5.74, 6) is 0.906. The van der Waals surface area contributed by atoms with Gasteiger partial charge in [-0.05, 0) is 44.4 Å². The van der Waals surface area contributed by atoms with Gasteiger partial charge in [0.25, 0.3) is 0 Å². The molecule has 1 saturated carbocycles. The molecule has 4 N–H and O–H groups in total. The Morgan fingerprint density at radius 3 is 2.80 bits per heavy atom. The summed E-state index contributed by atoms with van der Waals surface area (Å²) in [5.41, 5.74) is 8.25. The average Bonchev–Trinajstić information content (AvgIpc) is 3.16. The van der Waals surface area contributed by atoms with E-state index in [1.165, 1.54) is 6.92 Å². The molecule has 30 heavy (non-hydrogen) atoms. The molecule has 1 aromatic heterocycles. The normalized spacial score (nSPS) is 21.5. The van der Waals surface area contributed by atoms with E-state index >= 15 is 0 Å². The van der Waals surface area contributed by atoms with Crippen LogP contribution in [0.5, 0.6) is 0 Å². The van der Waals surface area contributed by atoms with E-state index in [-0.39, 0.29) is 23.8 Å². The van der Waals surface area contributed by atoms with Crippen LogP contribution in [0.15, 0.2) is 30.5 Å². The summed E-state index contributed by atoms with van der Waals surface area (Å²) >= 11 is 0. The number of carbonyl (C=O) groups is 2. The first kappa shape index (κ1) is 20.3. The minimum atomic E-state index is -0.121. The van der Waals surface area contributed by atoms with E-state index in [4.69, 9.17) is 5.73 Å². The molecule has 0 radical (unpaired) electrons. The molecule has 4 rings (SSSR count). The highest BCUT2D eigenvalue weighted by Crippen LogP contribution is 2.27. The lowest BCUT2D eigenvalue weighted by Crippen LogP contribution is -2.43. The fraction of sp³-hybridized carbons (Fsp3) is 0.455. The summed E-state index contributed by atoms with van der Waals surface area (Å²) in [6, 6.07) is 7.79. The number of nitrogens with zero attached hydrogens (tertiary/aromatic N) is 3. The van der Waals surface area contributed by atoms with Gasteiger partial charge in [0.05, 0.1) is 5.56 Å². The summed E-state index contributed by atoms with van der Waals surface area (Å²) < 4.78 is 0. The molecule has 2 fully saturated rings. The van der Waals surface area contributed by atoms with E-state index in [1.54, 1.807) is 11.1 Å². The monoisotopic (exact) mass is 408 g/mol. The van der Waals surface area contributed by atoms with E-state index in [0.717, 1.165) is 50.0 Å². The topological polar surface area (TPSA) is 113 Å². The molecule has 1 aliphatic heterocycles. The Morgan fingerprint density at radius 2 is 2.07 bits per heavy atom. The van der Waals surface area contributed by atoms with Crippen LogP contribution in [-0.2, 0) is 4.79 Å². The Balaban J connectivity index is 1.58. The quantitative estimate of drug-likeness (QED) is 0.629. The number of benzene rings is 1. The molecule has 0 spiro atoms. The molecule has 8 nitrogen and oxygen atoms in total. The Labute approximate surface area is 176 Å². The molecule has 2 atom stereocenters. The number of hydrogen-bond donors (Lipinski definition) is 3. The average molecular weight is 409 g/mol. The van der Waals surface area contributed by atoms with E-state index < -0.39 is 0 Å². The first-order valence-corrected chi connectivity index (χ1v) is 10.6. The van der Waals surface area contributed by atoms with Gasteiger partial charge in [0.1, 0.15) is 5.82 Å². The van der Waals surface area contributed by atoms with Crippen LogP contribution in [0.4, 0.5) is 23.1 Å². The van der Waals surface area contributed by atoms with Crippen molar-refractivity contribution in [2.45, 2.75) is 57.5 Å². The van der Waals surface area contributed by atoms with Gasteiger partial charge >= 0.3 is 0 Å². The maximum atomic E-state index is 12.1. The zero-order chi connectivity index (χ0) is 21.1.